The van der Waals surface area contributed by atoms with E-state index in [-0.39, 0.29) is 7.16 Å². The molecular formula is C6F3I2N. The van der Waals surface area contributed by atoms with E-state index in [0.29, 0.717) is 0 Å². The fourth-order valence-corrected chi connectivity index (χ4v) is 1.78. The third kappa shape index (κ3) is 1.91. The van der Waals surface area contributed by atoms with Crippen molar-refractivity contribution in [3.8, 4) is 0 Å². The average Bonchev–Trinajstić information content (AvgIpc) is 2.14. The minimum absolute atomic E-state index is 0.312. The first-order chi connectivity index (χ1) is 5.54. The molecule has 0 fully saturated rings. The van der Waals surface area contributed by atoms with Crippen molar-refractivity contribution in [2.24, 2.45) is 4.99 Å². The Hall–Kier alpha value is 0.180. The van der Waals surface area contributed by atoms with Crippen LogP contribution in [0.2, 0.25) is 0 Å². The summed E-state index contributed by atoms with van der Waals surface area (Å²) in [7, 11) is 0. The van der Waals surface area contributed by atoms with Gasteiger partial charge in [0.05, 0.1) is 3.58 Å². The molecule has 0 aromatic rings. The molecule has 12 heavy (non-hydrogen) atoms. The monoisotopic (exact) mass is 397 g/mol. The summed E-state index contributed by atoms with van der Waals surface area (Å²) in [5, 5.41) is 0. The summed E-state index contributed by atoms with van der Waals surface area (Å²) in [5.74, 6) is -1.26. The molecule has 0 bridgehead atoms. The lowest BCUT2D eigenvalue weighted by molar-refractivity contribution is 0.603. The highest BCUT2D eigenvalue weighted by molar-refractivity contribution is 14.1. The normalized spacial score (nSPS) is 18.2. The zero-order chi connectivity index (χ0) is 9.30. The van der Waals surface area contributed by atoms with Gasteiger partial charge in [0.25, 0.3) is 0 Å². The predicted molar refractivity (Wildman–Crippen MR) is 56.4 cm³/mol. The second kappa shape index (κ2) is 3.93. The standard InChI is InChI=1S/C6F3I2N/c7-2-1-12-6(9)5(11)3(8)4(2)10. The number of hydrogen-bond donors (Lipinski definition) is 0. The van der Waals surface area contributed by atoms with Gasteiger partial charge in [-0.1, -0.05) is 0 Å². The zero-order valence-electron chi connectivity index (χ0n) is 5.34. The first kappa shape index (κ1) is 10.3. The molecule has 64 valence electrons. The number of nitrogens with zero attached hydrogens (tertiary/aromatic N) is 1. The van der Waals surface area contributed by atoms with Gasteiger partial charge >= 0.3 is 0 Å². The van der Waals surface area contributed by atoms with Crippen LogP contribution in [0.15, 0.2) is 29.8 Å². The van der Waals surface area contributed by atoms with E-state index >= 15 is 0 Å². The Kier molecular flexibility index (Phi) is 3.36. The van der Waals surface area contributed by atoms with Crippen molar-refractivity contribution < 1.29 is 13.2 Å². The summed E-state index contributed by atoms with van der Waals surface area (Å²) in [6.07, 6.45) is 0. The largest absolute Gasteiger partial charge is 0.237 e. The molecule has 0 spiro atoms. The van der Waals surface area contributed by atoms with E-state index in [4.69, 9.17) is 0 Å². The Labute approximate surface area is 93.4 Å². The minimum Gasteiger partial charge on any atom is -0.204 e. The Morgan fingerprint density at radius 3 is 2.25 bits per heavy atom. The number of hydrogen-bond acceptors (Lipinski definition) is 1. The van der Waals surface area contributed by atoms with E-state index in [1.54, 1.807) is 5.87 Å². The summed E-state index contributed by atoms with van der Waals surface area (Å²) in [5.41, 5.74) is 0. The maximum Gasteiger partial charge on any atom is 0.237 e. The number of rotatable bonds is 0. The lowest BCUT2D eigenvalue weighted by Crippen LogP contribution is -1.80. The molecule has 0 saturated heterocycles. The van der Waals surface area contributed by atoms with E-state index in [2.05, 4.69) is 4.99 Å². The third-order valence-corrected chi connectivity index (χ3v) is 2.88. The molecule has 1 aliphatic heterocycles. The topological polar surface area (TPSA) is 12.4 Å². The van der Waals surface area contributed by atoms with Crippen LogP contribution < -0.4 is 0 Å². The summed E-state index contributed by atoms with van der Waals surface area (Å²) >= 11 is 2.84. The van der Waals surface area contributed by atoms with Gasteiger partial charge < -0.3 is 0 Å². The first-order valence-corrected chi connectivity index (χ1v) is 4.80. The van der Waals surface area contributed by atoms with Gasteiger partial charge in [-0.15, -0.1) is 0 Å². The fraction of sp³-hybridized carbons (Fsp3) is 0. The van der Waals surface area contributed by atoms with E-state index in [1.165, 1.54) is 45.2 Å². The SMILES string of the molecule is FC1=C=NC(F)=C(I)C(F)=C1I. The van der Waals surface area contributed by atoms with Gasteiger partial charge in [-0.25, -0.2) is 4.39 Å². The van der Waals surface area contributed by atoms with Crippen molar-refractivity contribution >= 4 is 51.1 Å². The molecular weight excluding hydrogens is 397 g/mol. The van der Waals surface area contributed by atoms with Gasteiger partial charge in [0.1, 0.15) is 3.58 Å². The van der Waals surface area contributed by atoms with Crippen molar-refractivity contribution in [3.05, 3.63) is 24.8 Å². The van der Waals surface area contributed by atoms with Crippen LogP contribution in [0, 0.1) is 0 Å². The Balaban J connectivity index is 3.39. The highest BCUT2D eigenvalue weighted by Gasteiger charge is 2.18. The van der Waals surface area contributed by atoms with Crippen molar-refractivity contribution in [3.63, 3.8) is 0 Å². The summed E-state index contributed by atoms with van der Waals surface area (Å²) in [4.78, 5) is 2.94. The fourth-order valence-electron chi connectivity index (χ4n) is 0.480. The quantitative estimate of drug-likeness (QED) is 0.437. The number of halogens is 5. The molecule has 0 atom stereocenters. The van der Waals surface area contributed by atoms with Crippen LogP contribution in [0.3, 0.4) is 0 Å². The molecule has 0 aromatic heterocycles. The summed E-state index contributed by atoms with van der Waals surface area (Å²) in [6, 6.07) is 0. The molecule has 1 rings (SSSR count). The maximum absolute atomic E-state index is 12.9. The van der Waals surface area contributed by atoms with Gasteiger partial charge in [-0.3, -0.25) is 0 Å². The summed E-state index contributed by atoms with van der Waals surface area (Å²) in [6.45, 7) is 0. The van der Waals surface area contributed by atoms with Crippen molar-refractivity contribution in [1.29, 1.82) is 0 Å². The van der Waals surface area contributed by atoms with Crippen LogP contribution in [-0.2, 0) is 0 Å². The molecule has 6 heteroatoms. The zero-order valence-corrected chi connectivity index (χ0v) is 9.65. The Morgan fingerprint density at radius 1 is 1.08 bits per heavy atom. The minimum atomic E-state index is -1.06. The predicted octanol–water partition coefficient (Wildman–Crippen LogP) is 3.71. The molecule has 0 unspecified atom stereocenters. The summed E-state index contributed by atoms with van der Waals surface area (Å²) < 4.78 is 37.6. The van der Waals surface area contributed by atoms with Crippen LogP contribution in [0.4, 0.5) is 13.2 Å². The van der Waals surface area contributed by atoms with Crippen LogP contribution in [0.25, 0.3) is 0 Å². The molecule has 0 aliphatic carbocycles. The Bertz CT molecular complexity index is 350. The van der Waals surface area contributed by atoms with Crippen molar-refractivity contribution in [1.82, 2.24) is 0 Å². The van der Waals surface area contributed by atoms with Crippen molar-refractivity contribution in [2.45, 2.75) is 0 Å². The van der Waals surface area contributed by atoms with Crippen molar-refractivity contribution in [2.75, 3.05) is 0 Å². The molecule has 1 heterocycles. The van der Waals surface area contributed by atoms with Gasteiger partial charge in [0.15, 0.2) is 5.83 Å². The third-order valence-electron chi connectivity index (χ3n) is 1.01. The molecule has 0 aromatic carbocycles. The van der Waals surface area contributed by atoms with Gasteiger partial charge in [0.2, 0.25) is 11.8 Å². The van der Waals surface area contributed by atoms with E-state index in [1.807, 2.05) is 0 Å². The second-order valence-electron chi connectivity index (χ2n) is 1.77. The first-order valence-electron chi connectivity index (χ1n) is 2.64. The Morgan fingerprint density at radius 2 is 1.67 bits per heavy atom. The second-order valence-corrected chi connectivity index (χ2v) is 3.93. The number of aliphatic imine (C=N–C) groups is 1. The van der Waals surface area contributed by atoms with Crippen LogP contribution in [-0.4, -0.2) is 5.87 Å². The molecule has 1 nitrogen and oxygen atoms in total. The highest BCUT2D eigenvalue weighted by atomic mass is 127. The van der Waals surface area contributed by atoms with E-state index in [9.17, 15) is 13.2 Å². The van der Waals surface area contributed by atoms with Crippen LogP contribution in [0.1, 0.15) is 0 Å². The van der Waals surface area contributed by atoms with Gasteiger partial charge in [0, 0.05) is 5.87 Å². The molecule has 0 amide bonds. The molecule has 0 radical (unpaired) electrons. The molecule has 0 saturated carbocycles. The maximum atomic E-state index is 12.9. The van der Waals surface area contributed by atoms with E-state index in [0.717, 1.165) is 0 Å². The molecule has 1 aliphatic rings. The van der Waals surface area contributed by atoms with Crippen LogP contribution >= 0.6 is 45.2 Å². The van der Waals surface area contributed by atoms with Crippen LogP contribution in [0.5, 0.6) is 0 Å². The number of allylic oxidation sites excluding steroid dienone is 4. The van der Waals surface area contributed by atoms with E-state index < -0.39 is 17.6 Å². The lowest BCUT2D eigenvalue weighted by atomic mass is 10.4. The van der Waals surface area contributed by atoms with Gasteiger partial charge in [-0.05, 0) is 45.2 Å². The molecule has 0 N–H and O–H groups in total. The average molecular weight is 397 g/mol. The highest BCUT2D eigenvalue weighted by Crippen LogP contribution is 2.34. The smallest absolute Gasteiger partial charge is 0.204 e. The van der Waals surface area contributed by atoms with Gasteiger partial charge in [-0.2, -0.15) is 13.8 Å². The lowest BCUT2D eigenvalue weighted by Gasteiger charge is -1.94.